The van der Waals surface area contributed by atoms with Crippen LogP contribution in [-0.2, 0) is 4.79 Å². The number of ketones is 1. The van der Waals surface area contributed by atoms with E-state index in [4.69, 9.17) is 0 Å². The van der Waals surface area contributed by atoms with Gasteiger partial charge < -0.3 is 5.32 Å². The first kappa shape index (κ1) is 23.9. The molecule has 7 nitrogen and oxygen atoms in total. The van der Waals surface area contributed by atoms with E-state index >= 15 is 0 Å². The lowest BCUT2D eigenvalue weighted by Crippen LogP contribution is -2.39. The first-order valence-corrected chi connectivity index (χ1v) is 12.4. The minimum atomic E-state index is -0.837. The maximum absolute atomic E-state index is 14.2. The van der Waals surface area contributed by atoms with E-state index < -0.39 is 11.0 Å². The number of benzene rings is 3. The molecule has 182 valence electrons. The van der Waals surface area contributed by atoms with Gasteiger partial charge in [0.1, 0.15) is 0 Å². The maximum atomic E-state index is 14.2. The second-order valence-corrected chi connectivity index (χ2v) is 10.8. The maximum Gasteiger partial charge on any atom is 0.269 e. The van der Waals surface area contributed by atoms with Crippen molar-refractivity contribution in [3.63, 3.8) is 0 Å². The molecule has 2 aliphatic rings. The van der Waals surface area contributed by atoms with Crippen molar-refractivity contribution in [1.29, 1.82) is 0 Å². The van der Waals surface area contributed by atoms with Gasteiger partial charge in [-0.1, -0.05) is 54.0 Å². The molecule has 3 aromatic rings. The standard InChI is InChI=1S/C28H24BrN3O4/c1-28(2)15-22-25(24(33)16-28)26(18-6-5-7-20(14-18)32(35)36)31(23-9-4-3-8-21(23)30-22)27(34)17-10-12-19(29)13-11-17/h3-14,26,30H,15-16H2,1-2H3/t26-/m0/s1. The zero-order valence-corrected chi connectivity index (χ0v) is 21.4. The Balaban J connectivity index is 1.80. The van der Waals surface area contributed by atoms with Gasteiger partial charge in [-0.25, -0.2) is 0 Å². The van der Waals surface area contributed by atoms with Gasteiger partial charge in [0, 0.05) is 39.9 Å². The van der Waals surface area contributed by atoms with Gasteiger partial charge in [-0.2, -0.15) is 0 Å². The van der Waals surface area contributed by atoms with E-state index in [0.29, 0.717) is 40.9 Å². The Morgan fingerprint density at radius 2 is 1.78 bits per heavy atom. The number of non-ortho nitro benzene ring substituents is 1. The van der Waals surface area contributed by atoms with Crippen LogP contribution in [0.15, 0.2) is 88.5 Å². The lowest BCUT2D eigenvalue weighted by Gasteiger charge is -2.37. The van der Waals surface area contributed by atoms with Crippen LogP contribution < -0.4 is 10.2 Å². The highest BCUT2D eigenvalue weighted by molar-refractivity contribution is 9.10. The van der Waals surface area contributed by atoms with Crippen molar-refractivity contribution in [3.8, 4) is 0 Å². The molecule has 8 heteroatoms. The molecule has 0 unspecified atom stereocenters. The van der Waals surface area contributed by atoms with Crippen LogP contribution in [0.1, 0.15) is 48.7 Å². The quantitative estimate of drug-likeness (QED) is 0.288. The van der Waals surface area contributed by atoms with Crippen LogP contribution in [0.4, 0.5) is 17.1 Å². The number of hydrogen-bond donors (Lipinski definition) is 1. The van der Waals surface area contributed by atoms with Gasteiger partial charge in [0.05, 0.1) is 22.3 Å². The number of nitrogens with zero attached hydrogens (tertiary/aromatic N) is 2. The average Bonchev–Trinajstić information content (AvgIpc) is 2.97. The number of nitrogens with one attached hydrogen (secondary N) is 1. The molecule has 5 rings (SSSR count). The number of amides is 1. The average molecular weight is 546 g/mol. The summed E-state index contributed by atoms with van der Waals surface area (Å²) < 4.78 is 0.835. The SMILES string of the molecule is CC1(C)CC(=O)C2=C(C1)Nc1ccccc1N(C(=O)c1ccc(Br)cc1)[C@H]2c1cccc([N+](=O)[O-])c1. The van der Waals surface area contributed by atoms with E-state index in [2.05, 4.69) is 21.2 Å². The normalized spacial score (nSPS) is 18.6. The zero-order valence-electron chi connectivity index (χ0n) is 19.8. The van der Waals surface area contributed by atoms with Gasteiger partial charge in [-0.15, -0.1) is 0 Å². The highest BCUT2D eigenvalue weighted by Crippen LogP contribution is 2.49. The van der Waals surface area contributed by atoms with Crippen LogP contribution in [0.2, 0.25) is 0 Å². The molecule has 1 atom stereocenters. The van der Waals surface area contributed by atoms with Gasteiger partial charge in [-0.05, 0) is 53.8 Å². The lowest BCUT2D eigenvalue weighted by molar-refractivity contribution is -0.384. The summed E-state index contributed by atoms with van der Waals surface area (Å²) in [5.41, 5.74) is 3.10. The van der Waals surface area contributed by atoms with Crippen molar-refractivity contribution < 1.29 is 14.5 Å². The molecular weight excluding hydrogens is 522 g/mol. The van der Waals surface area contributed by atoms with Crippen LogP contribution >= 0.6 is 15.9 Å². The number of carbonyl (C=O) groups excluding carboxylic acids is 2. The summed E-state index contributed by atoms with van der Waals surface area (Å²) >= 11 is 3.41. The number of allylic oxidation sites excluding steroid dienone is 1. The predicted molar refractivity (Wildman–Crippen MR) is 142 cm³/mol. The van der Waals surface area contributed by atoms with Gasteiger partial charge in [0.15, 0.2) is 5.78 Å². The van der Waals surface area contributed by atoms with Crippen LogP contribution in [0.5, 0.6) is 0 Å². The number of para-hydroxylation sites is 2. The largest absolute Gasteiger partial charge is 0.357 e. The Bertz CT molecular complexity index is 1430. The topological polar surface area (TPSA) is 92.6 Å². The summed E-state index contributed by atoms with van der Waals surface area (Å²) in [5, 5.41) is 15.1. The molecule has 1 aliphatic heterocycles. The zero-order chi connectivity index (χ0) is 25.6. The highest BCUT2D eigenvalue weighted by Gasteiger charge is 2.43. The summed E-state index contributed by atoms with van der Waals surface area (Å²) in [6.45, 7) is 4.08. The smallest absolute Gasteiger partial charge is 0.269 e. The number of anilines is 2. The van der Waals surface area contributed by atoms with E-state index in [1.165, 1.54) is 12.1 Å². The predicted octanol–water partition coefficient (Wildman–Crippen LogP) is 6.81. The Hall–Kier alpha value is -3.78. The number of fused-ring (bicyclic) bond motifs is 1. The van der Waals surface area contributed by atoms with Crippen molar-refractivity contribution in [3.05, 3.63) is 110 Å². The van der Waals surface area contributed by atoms with Gasteiger partial charge in [-0.3, -0.25) is 24.6 Å². The third-order valence-corrected chi connectivity index (χ3v) is 7.14. The second-order valence-electron chi connectivity index (χ2n) is 9.91. The van der Waals surface area contributed by atoms with E-state index in [1.54, 1.807) is 41.3 Å². The van der Waals surface area contributed by atoms with Gasteiger partial charge in [0.2, 0.25) is 0 Å². The van der Waals surface area contributed by atoms with Crippen LogP contribution in [-0.4, -0.2) is 16.6 Å². The Morgan fingerprint density at radius 1 is 1.06 bits per heavy atom. The van der Waals surface area contributed by atoms with Crippen LogP contribution in [0, 0.1) is 15.5 Å². The highest BCUT2D eigenvalue weighted by atomic mass is 79.9. The Labute approximate surface area is 217 Å². The van der Waals surface area contributed by atoms with Gasteiger partial charge >= 0.3 is 0 Å². The van der Waals surface area contributed by atoms with Crippen molar-refractivity contribution in [1.82, 2.24) is 0 Å². The monoisotopic (exact) mass is 545 g/mol. The fourth-order valence-electron chi connectivity index (χ4n) is 5.07. The fraction of sp³-hybridized carbons (Fsp3) is 0.214. The molecule has 0 fully saturated rings. The van der Waals surface area contributed by atoms with E-state index in [9.17, 15) is 19.7 Å². The summed E-state index contributed by atoms with van der Waals surface area (Å²) in [6, 6.07) is 19.8. The minimum Gasteiger partial charge on any atom is -0.357 e. The second kappa shape index (κ2) is 9.02. The Morgan fingerprint density at radius 3 is 2.50 bits per heavy atom. The third-order valence-electron chi connectivity index (χ3n) is 6.61. The van der Waals surface area contributed by atoms with E-state index in [-0.39, 0.29) is 22.8 Å². The van der Waals surface area contributed by atoms with Crippen LogP contribution in [0.25, 0.3) is 0 Å². The number of carbonyl (C=O) groups is 2. The number of nitro benzene ring substituents is 1. The molecule has 0 saturated heterocycles. The summed E-state index contributed by atoms with van der Waals surface area (Å²) in [4.78, 5) is 40.6. The lowest BCUT2D eigenvalue weighted by atomic mass is 9.73. The molecule has 1 N–H and O–H groups in total. The van der Waals surface area contributed by atoms with Crippen molar-refractivity contribution in [2.24, 2.45) is 5.41 Å². The number of halogens is 1. The summed E-state index contributed by atoms with van der Waals surface area (Å²) in [7, 11) is 0. The third kappa shape index (κ3) is 4.33. The molecule has 36 heavy (non-hydrogen) atoms. The summed E-state index contributed by atoms with van der Waals surface area (Å²) in [5.74, 6) is -0.383. The number of hydrogen-bond acceptors (Lipinski definition) is 5. The first-order valence-electron chi connectivity index (χ1n) is 11.6. The van der Waals surface area contributed by atoms with Crippen molar-refractivity contribution in [2.75, 3.05) is 10.2 Å². The van der Waals surface area contributed by atoms with E-state index in [0.717, 1.165) is 10.2 Å². The van der Waals surface area contributed by atoms with Crippen LogP contribution in [0.3, 0.4) is 0 Å². The molecule has 3 aromatic carbocycles. The summed E-state index contributed by atoms with van der Waals surface area (Å²) in [6.07, 6.45) is 0.920. The first-order chi connectivity index (χ1) is 17.1. The molecule has 0 aromatic heterocycles. The molecule has 0 spiro atoms. The molecule has 0 saturated carbocycles. The minimum absolute atomic E-state index is 0.0772. The molecule has 1 aliphatic carbocycles. The fourth-order valence-corrected chi connectivity index (χ4v) is 5.33. The van der Waals surface area contributed by atoms with Crippen molar-refractivity contribution >= 4 is 44.7 Å². The number of rotatable bonds is 3. The molecule has 0 bridgehead atoms. The molecule has 0 radical (unpaired) electrons. The molecular formula is C28H24BrN3O4. The molecule has 1 heterocycles. The van der Waals surface area contributed by atoms with E-state index in [1.807, 2.05) is 38.1 Å². The molecule has 1 amide bonds. The van der Waals surface area contributed by atoms with Gasteiger partial charge in [0.25, 0.3) is 11.6 Å². The number of nitro groups is 1. The Kier molecular flexibility index (Phi) is 6.00. The number of Topliss-reactive ketones (excluding diaryl/α,β-unsaturated/α-hetero) is 1. The van der Waals surface area contributed by atoms with Crippen molar-refractivity contribution in [2.45, 2.75) is 32.7 Å².